The van der Waals surface area contributed by atoms with Crippen LogP contribution in [0.3, 0.4) is 0 Å². The summed E-state index contributed by atoms with van der Waals surface area (Å²) in [5.74, 6) is -0.292. The monoisotopic (exact) mass is 212 g/mol. The Kier molecular flexibility index (Phi) is 4.05. The van der Waals surface area contributed by atoms with E-state index in [1.165, 1.54) is 12.1 Å². The Bertz CT molecular complexity index is 328. The Morgan fingerprint density at radius 1 is 1.47 bits per heavy atom. The fourth-order valence-electron chi connectivity index (χ4n) is 1.49. The highest BCUT2D eigenvalue weighted by Gasteiger charge is 2.10. The molecule has 0 saturated heterocycles. The minimum atomic E-state index is -0.620. The molecule has 0 spiro atoms. The lowest BCUT2D eigenvalue weighted by Crippen LogP contribution is -2.23. The number of anilines is 1. The summed E-state index contributed by atoms with van der Waals surface area (Å²) in [6.07, 6.45) is -0.243. The number of rotatable bonds is 4. The van der Waals surface area contributed by atoms with E-state index in [1.807, 2.05) is 19.0 Å². The van der Waals surface area contributed by atoms with Crippen molar-refractivity contribution in [2.24, 2.45) is 5.73 Å². The summed E-state index contributed by atoms with van der Waals surface area (Å²) in [5, 5.41) is 9.44. The van der Waals surface area contributed by atoms with Gasteiger partial charge in [0.2, 0.25) is 0 Å². The predicted octanol–water partition coefficient (Wildman–Crippen LogP) is 0.754. The van der Waals surface area contributed by atoms with Crippen LogP contribution in [0.2, 0.25) is 0 Å². The first-order valence-electron chi connectivity index (χ1n) is 4.88. The molecule has 1 rings (SSSR count). The van der Waals surface area contributed by atoms with Crippen LogP contribution in [0.5, 0.6) is 0 Å². The molecular formula is C11H17FN2O. The van der Waals surface area contributed by atoms with E-state index >= 15 is 0 Å². The third kappa shape index (κ3) is 3.18. The molecule has 1 aromatic rings. The fourth-order valence-corrected chi connectivity index (χ4v) is 1.49. The normalized spacial score (nSPS) is 12.6. The van der Waals surface area contributed by atoms with E-state index in [2.05, 4.69) is 0 Å². The van der Waals surface area contributed by atoms with Crippen LogP contribution in [0.1, 0.15) is 5.56 Å². The Morgan fingerprint density at radius 2 is 2.13 bits per heavy atom. The number of benzene rings is 1. The molecule has 0 aliphatic heterocycles. The number of nitrogens with zero attached hydrogens (tertiary/aromatic N) is 1. The standard InChI is InChI=1S/C11H17FN2O/c1-14(2)11-4-3-9(12)5-8(11)6-10(15)7-13/h3-5,10,15H,6-7,13H2,1-2H3. The van der Waals surface area contributed by atoms with Gasteiger partial charge < -0.3 is 15.7 Å². The molecule has 3 nitrogen and oxygen atoms in total. The second kappa shape index (κ2) is 5.09. The van der Waals surface area contributed by atoms with Crippen molar-refractivity contribution in [3.63, 3.8) is 0 Å². The van der Waals surface area contributed by atoms with Crippen LogP contribution in [0.4, 0.5) is 10.1 Å². The summed E-state index contributed by atoms with van der Waals surface area (Å²) in [4.78, 5) is 1.89. The zero-order chi connectivity index (χ0) is 11.4. The van der Waals surface area contributed by atoms with Crippen LogP contribution >= 0.6 is 0 Å². The molecule has 0 saturated carbocycles. The minimum absolute atomic E-state index is 0.184. The van der Waals surface area contributed by atoms with Gasteiger partial charge in [0.25, 0.3) is 0 Å². The lowest BCUT2D eigenvalue weighted by molar-refractivity contribution is 0.183. The first-order chi connectivity index (χ1) is 7.04. The molecule has 0 aliphatic rings. The molecular weight excluding hydrogens is 195 g/mol. The van der Waals surface area contributed by atoms with Crippen LogP contribution in [-0.4, -0.2) is 31.9 Å². The molecule has 3 N–H and O–H groups in total. The van der Waals surface area contributed by atoms with E-state index in [-0.39, 0.29) is 12.4 Å². The fraction of sp³-hybridized carbons (Fsp3) is 0.455. The second-order valence-corrected chi connectivity index (χ2v) is 3.76. The summed E-state index contributed by atoms with van der Waals surface area (Å²) in [6.45, 7) is 0.184. The first-order valence-corrected chi connectivity index (χ1v) is 4.88. The van der Waals surface area contributed by atoms with Crippen LogP contribution in [-0.2, 0) is 6.42 Å². The molecule has 84 valence electrons. The van der Waals surface area contributed by atoms with Crippen molar-refractivity contribution in [3.8, 4) is 0 Å². The van der Waals surface area contributed by atoms with Crippen molar-refractivity contribution >= 4 is 5.69 Å². The Morgan fingerprint density at radius 3 is 2.67 bits per heavy atom. The first kappa shape index (κ1) is 11.9. The number of nitrogens with two attached hydrogens (primary N) is 1. The third-order valence-electron chi connectivity index (χ3n) is 2.25. The molecule has 1 aromatic carbocycles. The highest BCUT2D eigenvalue weighted by Crippen LogP contribution is 2.21. The maximum Gasteiger partial charge on any atom is 0.123 e. The van der Waals surface area contributed by atoms with Gasteiger partial charge in [-0.05, 0) is 23.8 Å². The summed E-state index contributed by atoms with van der Waals surface area (Å²) >= 11 is 0. The Hall–Kier alpha value is -1.13. The number of hydrogen-bond acceptors (Lipinski definition) is 3. The van der Waals surface area contributed by atoms with Crippen molar-refractivity contribution in [3.05, 3.63) is 29.6 Å². The molecule has 1 atom stereocenters. The Labute approximate surface area is 89.3 Å². The quantitative estimate of drug-likeness (QED) is 0.774. The van der Waals surface area contributed by atoms with Crippen molar-refractivity contribution < 1.29 is 9.50 Å². The molecule has 0 radical (unpaired) electrons. The molecule has 0 bridgehead atoms. The summed E-state index contributed by atoms with van der Waals surface area (Å²) in [7, 11) is 3.76. The molecule has 0 aliphatic carbocycles. The van der Waals surface area contributed by atoms with Crippen LogP contribution in [0.25, 0.3) is 0 Å². The predicted molar refractivity (Wildman–Crippen MR) is 59.5 cm³/mol. The lowest BCUT2D eigenvalue weighted by atomic mass is 10.0. The molecule has 4 heteroatoms. The molecule has 0 heterocycles. The minimum Gasteiger partial charge on any atom is -0.391 e. The van der Waals surface area contributed by atoms with Gasteiger partial charge in [-0.3, -0.25) is 0 Å². The zero-order valence-corrected chi connectivity index (χ0v) is 9.07. The van der Waals surface area contributed by atoms with Crippen LogP contribution in [0.15, 0.2) is 18.2 Å². The average molecular weight is 212 g/mol. The maximum absolute atomic E-state index is 13.0. The van der Waals surface area contributed by atoms with E-state index in [0.717, 1.165) is 11.3 Å². The summed E-state index contributed by atoms with van der Waals surface area (Å²) < 4.78 is 13.0. The van der Waals surface area contributed by atoms with Crippen LogP contribution < -0.4 is 10.6 Å². The molecule has 0 fully saturated rings. The van der Waals surface area contributed by atoms with Gasteiger partial charge in [0.05, 0.1) is 6.10 Å². The highest BCUT2D eigenvalue weighted by molar-refractivity contribution is 5.52. The third-order valence-corrected chi connectivity index (χ3v) is 2.25. The lowest BCUT2D eigenvalue weighted by Gasteiger charge is -2.19. The van der Waals surface area contributed by atoms with Crippen molar-refractivity contribution in [2.45, 2.75) is 12.5 Å². The maximum atomic E-state index is 13.0. The van der Waals surface area contributed by atoms with Gasteiger partial charge in [-0.2, -0.15) is 0 Å². The zero-order valence-electron chi connectivity index (χ0n) is 9.07. The molecule has 0 amide bonds. The van der Waals surface area contributed by atoms with E-state index in [4.69, 9.17) is 5.73 Å². The number of halogens is 1. The van der Waals surface area contributed by atoms with Gasteiger partial charge in [0, 0.05) is 32.7 Å². The van der Waals surface area contributed by atoms with E-state index in [1.54, 1.807) is 6.07 Å². The van der Waals surface area contributed by atoms with Crippen LogP contribution in [0, 0.1) is 5.82 Å². The van der Waals surface area contributed by atoms with Gasteiger partial charge in [0.1, 0.15) is 5.82 Å². The van der Waals surface area contributed by atoms with Crippen molar-refractivity contribution in [2.75, 3.05) is 25.5 Å². The molecule has 1 unspecified atom stereocenters. The number of aliphatic hydroxyl groups excluding tert-OH is 1. The summed E-state index contributed by atoms with van der Waals surface area (Å²) in [6, 6.07) is 4.55. The second-order valence-electron chi connectivity index (χ2n) is 3.76. The molecule has 15 heavy (non-hydrogen) atoms. The van der Waals surface area contributed by atoms with Gasteiger partial charge in [-0.15, -0.1) is 0 Å². The van der Waals surface area contributed by atoms with Gasteiger partial charge in [0.15, 0.2) is 0 Å². The van der Waals surface area contributed by atoms with Gasteiger partial charge in [-0.25, -0.2) is 4.39 Å². The van der Waals surface area contributed by atoms with Gasteiger partial charge >= 0.3 is 0 Å². The van der Waals surface area contributed by atoms with E-state index in [9.17, 15) is 9.50 Å². The average Bonchev–Trinajstić information content (AvgIpc) is 2.17. The van der Waals surface area contributed by atoms with Gasteiger partial charge in [-0.1, -0.05) is 0 Å². The largest absolute Gasteiger partial charge is 0.391 e. The van der Waals surface area contributed by atoms with Crippen molar-refractivity contribution in [1.29, 1.82) is 0 Å². The topological polar surface area (TPSA) is 49.5 Å². The SMILES string of the molecule is CN(C)c1ccc(F)cc1CC(O)CN. The van der Waals surface area contributed by atoms with E-state index in [0.29, 0.717) is 6.42 Å². The smallest absolute Gasteiger partial charge is 0.123 e. The molecule has 0 aromatic heterocycles. The summed E-state index contributed by atoms with van der Waals surface area (Å²) in [5.41, 5.74) is 7.01. The number of aliphatic hydroxyl groups is 1. The number of hydrogen-bond donors (Lipinski definition) is 2. The highest BCUT2D eigenvalue weighted by atomic mass is 19.1. The van der Waals surface area contributed by atoms with Crippen molar-refractivity contribution in [1.82, 2.24) is 0 Å². The van der Waals surface area contributed by atoms with E-state index < -0.39 is 6.10 Å². The Balaban J connectivity index is 2.96.